The Morgan fingerprint density at radius 2 is 2.15 bits per heavy atom. The standard InChI is InChI=1S/C8H6Cl2O2S/c9-5-1-2-7(6(10)3-5)13-8(12)4-11/h1-3,11H,4H2. The summed E-state index contributed by atoms with van der Waals surface area (Å²) in [6.45, 7) is -0.496. The van der Waals surface area contributed by atoms with E-state index in [0.717, 1.165) is 11.8 Å². The minimum atomic E-state index is -0.496. The Morgan fingerprint density at radius 1 is 1.46 bits per heavy atom. The third-order valence-corrected chi connectivity index (χ3v) is 2.84. The van der Waals surface area contributed by atoms with E-state index in [2.05, 4.69) is 0 Å². The SMILES string of the molecule is O=C(CO)Sc1ccc(Cl)cc1Cl. The molecule has 0 aliphatic heterocycles. The van der Waals surface area contributed by atoms with Crippen LogP contribution in [0, 0.1) is 0 Å². The maximum atomic E-state index is 10.8. The molecular weight excluding hydrogens is 231 g/mol. The molecule has 0 aromatic heterocycles. The molecule has 0 heterocycles. The maximum absolute atomic E-state index is 10.8. The van der Waals surface area contributed by atoms with Crippen LogP contribution in [-0.2, 0) is 4.79 Å². The number of rotatable bonds is 2. The van der Waals surface area contributed by atoms with Crippen LogP contribution in [0.3, 0.4) is 0 Å². The minimum Gasteiger partial charge on any atom is -0.388 e. The number of benzene rings is 1. The van der Waals surface area contributed by atoms with Gasteiger partial charge in [-0.2, -0.15) is 0 Å². The second kappa shape index (κ2) is 4.86. The Labute approximate surface area is 89.8 Å². The van der Waals surface area contributed by atoms with E-state index >= 15 is 0 Å². The van der Waals surface area contributed by atoms with E-state index in [1.165, 1.54) is 0 Å². The van der Waals surface area contributed by atoms with Gasteiger partial charge in [0.1, 0.15) is 6.61 Å². The van der Waals surface area contributed by atoms with Gasteiger partial charge in [0.15, 0.2) is 0 Å². The van der Waals surface area contributed by atoms with Gasteiger partial charge in [0.25, 0.3) is 0 Å². The largest absolute Gasteiger partial charge is 0.388 e. The number of halogens is 2. The van der Waals surface area contributed by atoms with Crippen molar-refractivity contribution in [3.63, 3.8) is 0 Å². The number of hydrogen-bond acceptors (Lipinski definition) is 3. The molecule has 0 aliphatic rings. The van der Waals surface area contributed by atoms with Gasteiger partial charge in [0.2, 0.25) is 5.12 Å². The zero-order chi connectivity index (χ0) is 9.84. The van der Waals surface area contributed by atoms with Crippen molar-refractivity contribution in [1.82, 2.24) is 0 Å². The molecule has 70 valence electrons. The van der Waals surface area contributed by atoms with Crippen molar-refractivity contribution >= 4 is 40.1 Å². The first-order valence-electron chi connectivity index (χ1n) is 3.40. The molecule has 0 bridgehead atoms. The van der Waals surface area contributed by atoms with E-state index in [-0.39, 0.29) is 5.12 Å². The number of thioether (sulfide) groups is 1. The van der Waals surface area contributed by atoms with Gasteiger partial charge in [-0.15, -0.1) is 0 Å². The van der Waals surface area contributed by atoms with Gasteiger partial charge in [0, 0.05) is 9.92 Å². The molecule has 0 fully saturated rings. The molecule has 0 spiro atoms. The van der Waals surface area contributed by atoms with Crippen LogP contribution in [0.5, 0.6) is 0 Å². The summed E-state index contributed by atoms with van der Waals surface area (Å²) in [4.78, 5) is 11.4. The monoisotopic (exact) mass is 236 g/mol. The van der Waals surface area contributed by atoms with E-state index in [0.29, 0.717) is 14.9 Å². The van der Waals surface area contributed by atoms with E-state index in [4.69, 9.17) is 28.3 Å². The molecule has 1 rings (SSSR count). The highest BCUT2D eigenvalue weighted by atomic mass is 35.5. The van der Waals surface area contributed by atoms with Crippen LogP contribution in [0.2, 0.25) is 10.0 Å². The van der Waals surface area contributed by atoms with Crippen LogP contribution < -0.4 is 0 Å². The van der Waals surface area contributed by atoms with E-state index < -0.39 is 6.61 Å². The maximum Gasteiger partial charge on any atom is 0.219 e. The van der Waals surface area contributed by atoms with Crippen LogP contribution in [-0.4, -0.2) is 16.8 Å². The van der Waals surface area contributed by atoms with Gasteiger partial charge in [-0.1, -0.05) is 23.2 Å². The summed E-state index contributed by atoms with van der Waals surface area (Å²) in [5, 5.41) is 9.09. The summed E-state index contributed by atoms with van der Waals surface area (Å²) in [5.41, 5.74) is 0. The molecule has 5 heteroatoms. The van der Waals surface area contributed by atoms with Crippen molar-refractivity contribution in [3.8, 4) is 0 Å². The van der Waals surface area contributed by atoms with Crippen LogP contribution in [0.25, 0.3) is 0 Å². The van der Waals surface area contributed by atoms with Crippen molar-refractivity contribution in [2.24, 2.45) is 0 Å². The summed E-state index contributed by atoms with van der Waals surface area (Å²) in [5.74, 6) is 0. The van der Waals surface area contributed by atoms with Crippen LogP contribution in [0.15, 0.2) is 23.1 Å². The first-order chi connectivity index (χ1) is 6.13. The lowest BCUT2D eigenvalue weighted by Gasteiger charge is -2.01. The second-order valence-electron chi connectivity index (χ2n) is 2.21. The average Bonchev–Trinajstić information content (AvgIpc) is 2.09. The average molecular weight is 237 g/mol. The van der Waals surface area contributed by atoms with Gasteiger partial charge >= 0.3 is 0 Å². The molecule has 1 aromatic carbocycles. The zero-order valence-corrected chi connectivity index (χ0v) is 8.79. The second-order valence-corrected chi connectivity index (χ2v) is 4.15. The lowest BCUT2D eigenvalue weighted by molar-refractivity contribution is -0.113. The number of aliphatic hydroxyl groups is 1. The first-order valence-corrected chi connectivity index (χ1v) is 4.97. The van der Waals surface area contributed by atoms with Crippen molar-refractivity contribution < 1.29 is 9.90 Å². The quantitative estimate of drug-likeness (QED) is 0.803. The highest BCUT2D eigenvalue weighted by molar-refractivity contribution is 8.13. The van der Waals surface area contributed by atoms with Gasteiger partial charge < -0.3 is 5.11 Å². The number of carbonyl (C=O) groups is 1. The molecule has 0 saturated carbocycles. The highest BCUT2D eigenvalue weighted by Crippen LogP contribution is 2.29. The fourth-order valence-corrected chi connectivity index (χ4v) is 1.84. The summed E-state index contributed by atoms with van der Waals surface area (Å²) >= 11 is 12.4. The Hall–Kier alpha value is -0.220. The predicted molar refractivity (Wildman–Crippen MR) is 54.4 cm³/mol. The summed E-state index contributed by atoms with van der Waals surface area (Å²) in [6.07, 6.45) is 0. The predicted octanol–water partition coefficient (Wildman–Crippen LogP) is 2.60. The Morgan fingerprint density at radius 3 is 2.69 bits per heavy atom. The molecule has 0 unspecified atom stereocenters. The fraction of sp³-hybridized carbons (Fsp3) is 0.125. The molecular formula is C8H6Cl2O2S. The van der Waals surface area contributed by atoms with E-state index in [1.54, 1.807) is 18.2 Å². The van der Waals surface area contributed by atoms with E-state index in [9.17, 15) is 4.79 Å². The molecule has 1 aromatic rings. The molecule has 0 aliphatic carbocycles. The lowest BCUT2D eigenvalue weighted by Crippen LogP contribution is -1.96. The Balaban J connectivity index is 2.83. The summed E-state index contributed by atoms with van der Waals surface area (Å²) in [6, 6.07) is 4.83. The number of aliphatic hydroxyl groups excluding tert-OH is 1. The molecule has 0 atom stereocenters. The summed E-state index contributed by atoms with van der Waals surface area (Å²) < 4.78 is 0. The molecule has 1 N–H and O–H groups in total. The third kappa shape index (κ3) is 3.19. The van der Waals surface area contributed by atoms with Crippen molar-refractivity contribution in [3.05, 3.63) is 28.2 Å². The van der Waals surface area contributed by atoms with Crippen LogP contribution >= 0.6 is 35.0 Å². The van der Waals surface area contributed by atoms with Gasteiger partial charge in [-0.3, -0.25) is 4.79 Å². The van der Waals surface area contributed by atoms with Crippen LogP contribution in [0.1, 0.15) is 0 Å². The normalized spacial score (nSPS) is 10.1. The Bertz CT molecular complexity index is 328. The van der Waals surface area contributed by atoms with Crippen LogP contribution in [0.4, 0.5) is 0 Å². The molecule has 0 radical (unpaired) electrons. The van der Waals surface area contributed by atoms with Crippen molar-refractivity contribution in [2.45, 2.75) is 4.90 Å². The Kier molecular flexibility index (Phi) is 4.06. The van der Waals surface area contributed by atoms with Gasteiger partial charge in [0.05, 0.1) is 5.02 Å². The van der Waals surface area contributed by atoms with Crippen molar-refractivity contribution in [1.29, 1.82) is 0 Å². The first kappa shape index (κ1) is 10.9. The summed E-state index contributed by atoms with van der Waals surface area (Å²) in [7, 11) is 0. The van der Waals surface area contributed by atoms with E-state index in [1.807, 2.05) is 0 Å². The van der Waals surface area contributed by atoms with Crippen molar-refractivity contribution in [2.75, 3.05) is 6.61 Å². The molecule has 0 saturated heterocycles. The zero-order valence-electron chi connectivity index (χ0n) is 6.46. The molecule has 13 heavy (non-hydrogen) atoms. The minimum absolute atomic E-state index is 0.343. The molecule has 2 nitrogen and oxygen atoms in total. The topological polar surface area (TPSA) is 37.3 Å². The molecule has 0 amide bonds. The highest BCUT2D eigenvalue weighted by Gasteiger charge is 2.06. The lowest BCUT2D eigenvalue weighted by atomic mass is 10.4. The van der Waals surface area contributed by atoms with Gasteiger partial charge in [-0.25, -0.2) is 0 Å². The fourth-order valence-electron chi connectivity index (χ4n) is 0.713. The van der Waals surface area contributed by atoms with Gasteiger partial charge in [-0.05, 0) is 30.0 Å². The smallest absolute Gasteiger partial charge is 0.219 e. The number of carbonyl (C=O) groups excluding carboxylic acids is 1. The third-order valence-electron chi connectivity index (χ3n) is 1.25. The number of hydrogen-bond donors (Lipinski definition) is 1.